The summed E-state index contributed by atoms with van der Waals surface area (Å²) in [6.45, 7) is 2.03. The summed E-state index contributed by atoms with van der Waals surface area (Å²) in [5.74, 6) is 0. The Kier molecular flexibility index (Phi) is 2.50. The van der Waals surface area contributed by atoms with Crippen LogP contribution in [0.2, 0.25) is 5.02 Å². The molecule has 1 nitrogen and oxygen atoms in total. The zero-order chi connectivity index (χ0) is 10.2. The summed E-state index contributed by atoms with van der Waals surface area (Å²) >= 11 is 6.03. The third kappa shape index (κ3) is 1.91. The van der Waals surface area contributed by atoms with Gasteiger partial charge in [0.15, 0.2) is 0 Å². The van der Waals surface area contributed by atoms with Gasteiger partial charge in [-0.1, -0.05) is 29.8 Å². The zero-order valence-corrected chi connectivity index (χ0v) is 8.81. The van der Waals surface area contributed by atoms with E-state index in [1.165, 1.54) is 0 Å². The van der Waals surface area contributed by atoms with Crippen molar-refractivity contribution >= 4 is 11.6 Å². The van der Waals surface area contributed by atoms with E-state index in [-0.39, 0.29) is 6.04 Å². The molecule has 0 aliphatic carbocycles. The molecule has 1 saturated heterocycles. The second-order valence-electron chi connectivity index (χ2n) is 4.07. The van der Waals surface area contributed by atoms with E-state index in [1.807, 2.05) is 24.3 Å². The molecule has 3 heteroatoms. The first-order valence-corrected chi connectivity index (χ1v) is 5.13. The van der Waals surface area contributed by atoms with Crippen LogP contribution >= 0.6 is 11.6 Å². The summed E-state index contributed by atoms with van der Waals surface area (Å²) in [6, 6.07) is 7.65. The monoisotopic (exact) mass is 213 g/mol. The van der Waals surface area contributed by atoms with Gasteiger partial charge in [-0.25, -0.2) is 4.39 Å². The summed E-state index contributed by atoms with van der Waals surface area (Å²) in [6.07, 6.45) is 0.497. The van der Waals surface area contributed by atoms with Crippen LogP contribution in [0.15, 0.2) is 24.3 Å². The van der Waals surface area contributed by atoms with Crippen LogP contribution in [-0.2, 0) is 0 Å². The molecule has 1 aromatic carbocycles. The van der Waals surface area contributed by atoms with Crippen molar-refractivity contribution in [3.05, 3.63) is 34.9 Å². The predicted molar refractivity (Wildman–Crippen MR) is 56.3 cm³/mol. The van der Waals surface area contributed by atoms with Crippen LogP contribution < -0.4 is 5.32 Å². The number of benzene rings is 1. The third-order valence-electron chi connectivity index (χ3n) is 2.63. The Hall–Kier alpha value is -0.600. The smallest absolute Gasteiger partial charge is 0.122 e. The van der Waals surface area contributed by atoms with Crippen molar-refractivity contribution in [2.75, 3.05) is 6.54 Å². The van der Waals surface area contributed by atoms with Gasteiger partial charge in [0.25, 0.3) is 0 Å². The minimum atomic E-state index is -1.11. The molecule has 2 unspecified atom stereocenters. The first kappa shape index (κ1) is 9.94. The highest BCUT2D eigenvalue weighted by atomic mass is 35.5. The fraction of sp³-hybridized carbons (Fsp3) is 0.455. The van der Waals surface area contributed by atoms with Crippen molar-refractivity contribution in [2.24, 2.45) is 0 Å². The molecule has 0 spiro atoms. The van der Waals surface area contributed by atoms with E-state index in [4.69, 9.17) is 11.6 Å². The first-order valence-electron chi connectivity index (χ1n) is 4.75. The summed E-state index contributed by atoms with van der Waals surface area (Å²) in [5.41, 5.74) is -0.111. The van der Waals surface area contributed by atoms with Gasteiger partial charge in [0.2, 0.25) is 0 Å². The van der Waals surface area contributed by atoms with Crippen LogP contribution in [0, 0.1) is 0 Å². The van der Waals surface area contributed by atoms with E-state index in [2.05, 4.69) is 5.32 Å². The molecular formula is C11H13ClFN. The van der Waals surface area contributed by atoms with Gasteiger partial charge in [0.1, 0.15) is 5.67 Å². The van der Waals surface area contributed by atoms with E-state index in [1.54, 1.807) is 6.92 Å². The maximum atomic E-state index is 13.6. The number of nitrogens with one attached hydrogen (secondary N) is 1. The lowest BCUT2D eigenvalue weighted by Crippen LogP contribution is -2.21. The molecule has 1 N–H and O–H groups in total. The van der Waals surface area contributed by atoms with Crippen LogP contribution in [-0.4, -0.2) is 12.2 Å². The van der Waals surface area contributed by atoms with Gasteiger partial charge in [0.05, 0.1) is 0 Å². The lowest BCUT2D eigenvalue weighted by Gasteiger charge is -2.13. The van der Waals surface area contributed by atoms with E-state index in [0.29, 0.717) is 18.0 Å². The second kappa shape index (κ2) is 3.52. The lowest BCUT2D eigenvalue weighted by atomic mass is 9.99. The summed E-state index contributed by atoms with van der Waals surface area (Å²) < 4.78 is 13.6. The average Bonchev–Trinajstić information content (AvgIpc) is 2.47. The summed E-state index contributed by atoms with van der Waals surface area (Å²) in [5, 5.41) is 3.86. The number of rotatable bonds is 1. The van der Waals surface area contributed by atoms with Gasteiger partial charge in [-0.2, -0.15) is 0 Å². The quantitative estimate of drug-likeness (QED) is 0.756. The standard InChI is InChI=1S/C11H13ClFN/c1-11(13)6-10(14-7-11)8-4-2-3-5-9(8)12/h2-5,10,14H,6-7H2,1H3. The Morgan fingerprint density at radius 1 is 1.50 bits per heavy atom. The van der Waals surface area contributed by atoms with Crippen molar-refractivity contribution in [1.29, 1.82) is 0 Å². The Morgan fingerprint density at radius 3 is 2.79 bits per heavy atom. The van der Waals surface area contributed by atoms with Crippen molar-refractivity contribution in [3.63, 3.8) is 0 Å². The zero-order valence-electron chi connectivity index (χ0n) is 8.06. The van der Waals surface area contributed by atoms with Gasteiger partial charge in [-0.3, -0.25) is 0 Å². The lowest BCUT2D eigenvalue weighted by molar-refractivity contribution is 0.214. The van der Waals surface area contributed by atoms with E-state index >= 15 is 0 Å². The molecule has 2 rings (SSSR count). The van der Waals surface area contributed by atoms with E-state index < -0.39 is 5.67 Å². The molecule has 0 amide bonds. The minimum absolute atomic E-state index is 0.0544. The van der Waals surface area contributed by atoms with Gasteiger partial charge in [-0.05, 0) is 18.6 Å². The molecule has 14 heavy (non-hydrogen) atoms. The van der Waals surface area contributed by atoms with Gasteiger partial charge < -0.3 is 5.32 Å². The maximum Gasteiger partial charge on any atom is 0.122 e. The molecule has 1 aromatic rings. The fourth-order valence-corrected chi connectivity index (χ4v) is 2.15. The van der Waals surface area contributed by atoms with Gasteiger partial charge in [0, 0.05) is 24.0 Å². The number of alkyl halides is 1. The Morgan fingerprint density at radius 2 is 2.21 bits per heavy atom. The Bertz CT molecular complexity index is 338. The van der Waals surface area contributed by atoms with Crippen LogP contribution in [0.3, 0.4) is 0 Å². The third-order valence-corrected chi connectivity index (χ3v) is 2.97. The fourth-order valence-electron chi connectivity index (χ4n) is 1.88. The molecule has 0 bridgehead atoms. The molecular weight excluding hydrogens is 201 g/mol. The molecule has 1 aliphatic rings. The largest absolute Gasteiger partial charge is 0.307 e. The van der Waals surface area contributed by atoms with E-state index in [0.717, 1.165) is 5.56 Å². The Labute approximate surface area is 88.3 Å². The van der Waals surface area contributed by atoms with Crippen molar-refractivity contribution in [3.8, 4) is 0 Å². The minimum Gasteiger partial charge on any atom is -0.307 e. The van der Waals surface area contributed by atoms with E-state index in [9.17, 15) is 4.39 Å². The SMILES string of the molecule is CC1(F)CNC(c2ccccc2Cl)C1. The second-order valence-corrected chi connectivity index (χ2v) is 4.48. The maximum absolute atomic E-state index is 13.6. The van der Waals surface area contributed by atoms with Gasteiger partial charge >= 0.3 is 0 Å². The molecule has 1 fully saturated rings. The van der Waals surface area contributed by atoms with Crippen molar-refractivity contribution in [2.45, 2.75) is 25.1 Å². The van der Waals surface area contributed by atoms with Crippen molar-refractivity contribution in [1.82, 2.24) is 5.32 Å². The van der Waals surface area contributed by atoms with Crippen LogP contribution in [0.4, 0.5) is 4.39 Å². The van der Waals surface area contributed by atoms with Crippen LogP contribution in [0.25, 0.3) is 0 Å². The molecule has 1 heterocycles. The number of hydrogen-bond donors (Lipinski definition) is 1. The summed E-state index contributed by atoms with van der Waals surface area (Å²) in [4.78, 5) is 0. The predicted octanol–water partition coefficient (Wildman–Crippen LogP) is 3.10. The molecule has 76 valence electrons. The molecule has 1 aliphatic heterocycles. The van der Waals surface area contributed by atoms with Crippen LogP contribution in [0.1, 0.15) is 24.9 Å². The average molecular weight is 214 g/mol. The molecule has 0 aromatic heterocycles. The van der Waals surface area contributed by atoms with Crippen LogP contribution in [0.5, 0.6) is 0 Å². The Balaban J connectivity index is 2.22. The molecule has 0 radical (unpaired) electrons. The topological polar surface area (TPSA) is 12.0 Å². The normalized spacial score (nSPS) is 32.1. The highest BCUT2D eigenvalue weighted by Crippen LogP contribution is 2.35. The number of halogens is 2. The molecule has 2 atom stereocenters. The highest BCUT2D eigenvalue weighted by Gasteiger charge is 2.35. The van der Waals surface area contributed by atoms with Crippen molar-refractivity contribution < 1.29 is 4.39 Å². The van der Waals surface area contributed by atoms with Gasteiger partial charge in [-0.15, -0.1) is 0 Å². The molecule has 0 saturated carbocycles. The number of hydrogen-bond acceptors (Lipinski definition) is 1. The summed E-state index contributed by atoms with van der Waals surface area (Å²) in [7, 11) is 0. The highest BCUT2D eigenvalue weighted by molar-refractivity contribution is 6.31. The first-order chi connectivity index (χ1) is 6.58.